The van der Waals surface area contributed by atoms with Crippen LogP contribution in [-0.2, 0) is 0 Å². The number of aryl methyl sites for hydroxylation is 1. The average molecular weight is 362 g/mol. The number of nitrogens with one attached hydrogen (secondary N) is 1. The van der Waals surface area contributed by atoms with Crippen molar-refractivity contribution in [2.24, 2.45) is 0 Å². The van der Waals surface area contributed by atoms with Crippen molar-refractivity contribution in [2.75, 3.05) is 0 Å². The molecule has 26 heavy (non-hydrogen) atoms. The van der Waals surface area contributed by atoms with Crippen LogP contribution >= 0.6 is 7.56 Å². The lowest BCUT2D eigenvalue weighted by molar-refractivity contribution is 0.529. The molecule has 2 nitrogen and oxygen atoms in total. The molecule has 3 aromatic rings. The highest BCUT2D eigenvalue weighted by atomic mass is 31.2. The summed E-state index contributed by atoms with van der Waals surface area (Å²) in [7, 11) is -2.20. The van der Waals surface area contributed by atoms with Crippen LogP contribution in [-0.4, -0.2) is 5.54 Å². The van der Waals surface area contributed by atoms with Gasteiger partial charge in [-0.05, 0) is 52.0 Å². The van der Waals surface area contributed by atoms with Gasteiger partial charge in [0.1, 0.15) is 10.6 Å². The Morgan fingerprint density at radius 3 is 1.62 bits per heavy atom. The van der Waals surface area contributed by atoms with E-state index in [1.165, 1.54) is 16.2 Å². The molecule has 0 aliphatic carbocycles. The van der Waals surface area contributed by atoms with Gasteiger partial charge in [-0.15, -0.1) is 5.69 Å². The summed E-state index contributed by atoms with van der Waals surface area (Å²) in [5, 5.41) is 11.8. The largest absolute Gasteiger partial charge is 0.499 e. The van der Waals surface area contributed by atoms with Crippen LogP contribution in [0.2, 0.25) is 0 Å². The third kappa shape index (κ3) is 4.15. The summed E-state index contributed by atoms with van der Waals surface area (Å²) in [4.78, 5) is 0. The van der Waals surface area contributed by atoms with Crippen molar-refractivity contribution in [3.8, 4) is 0 Å². The van der Waals surface area contributed by atoms with E-state index in [2.05, 4.69) is 118 Å². The first-order chi connectivity index (χ1) is 12.4. The van der Waals surface area contributed by atoms with Crippen LogP contribution in [0.25, 0.3) is 5.09 Å². The monoisotopic (exact) mass is 362 g/mol. The van der Waals surface area contributed by atoms with Crippen molar-refractivity contribution in [2.45, 2.75) is 33.2 Å². The topological polar surface area (TPSA) is 26.1 Å². The molecule has 134 valence electrons. The van der Waals surface area contributed by atoms with Crippen molar-refractivity contribution in [3.63, 3.8) is 0 Å². The van der Waals surface area contributed by atoms with Gasteiger partial charge < -0.3 is 5.09 Å². The number of rotatable bonds is 5. The normalized spacial score (nSPS) is 12.0. The summed E-state index contributed by atoms with van der Waals surface area (Å²) in [6.45, 7) is 8.75. The molecule has 0 bridgehead atoms. The Hall–Kier alpha value is -2.15. The Morgan fingerprint density at radius 1 is 0.692 bits per heavy atom. The molecule has 0 saturated carbocycles. The van der Waals surface area contributed by atoms with Gasteiger partial charge in [0.2, 0.25) is 0 Å². The molecule has 3 rings (SSSR count). The molecule has 0 aromatic heterocycles. The molecule has 0 saturated heterocycles. The van der Waals surface area contributed by atoms with Crippen molar-refractivity contribution in [3.05, 3.63) is 95.6 Å². The Balaban J connectivity index is 2.23. The molecular formula is C23H27N2P. The summed E-state index contributed by atoms with van der Waals surface area (Å²) < 4.78 is 0. The van der Waals surface area contributed by atoms with E-state index in [-0.39, 0.29) is 5.54 Å². The van der Waals surface area contributed by atoms with E-state index < -0.39 is 7.56 Å². The standard InChI is InChI=1S/C23H27N2P/c1-19-13-11-12-18-22(19)24-26(25-23(2,3)4,20-14-7-5-8-15-20)21-16-9-6-10-17-21/h5-18,25H,1-4H3. The zero-order valence-electron chi connectivity index (χ0n) is 16.0. The second kappa shape index (κ2) is 7.61. The van der Waals surface area contributed by atoms with Crippen LogP contribution in [0.4, 0.5) is 5.69 Å². The maximum atomic E-state index is 5.42. The molecule has 0 radical (unpaired) electrons. The maximum Gasteiger partial charge on any atom is 0.107 e. The van der Waals surface area contributed by atoms with Crippen molar-refractivity contribution < 1.29 is 0 Å². The minimum absolute atomic E-state index is 0.0777. The van der Waals surface area contributed by atoms with E-state index in [4.69, 9.17) is 5.09 Å². The maximum absolute atomic E-state index is 5.42. The smallest absolute Gasteiger partial charge is 0.107 e. The number of nitrogens with zero attached hydrogens (tertiary/aromatic N) is 1. The molecule has 0 aliphatic heterocycles. The highest BCUT2D eigenvalue weighted by Gasteiger charge is 2.39. The Morgan fingerprint density at radius 2 is 1.15 bits per heavy atom. The van der Waals surface area contributed by atoms with Gasteiger partial charge >= 0.3 is 0 Å². The predicted octanol–water partition coefficient (Wildman–Crippen LogP) is 5.89. The highest BCUT2D eigenvalue weighted by Crippen LogP contribution is 2.63. The van der Waals surface area contributed by atoms with Gasteiger partial charge in [-0.2, -0.15) is 5.09 Å². The van der Waals surface area contributed by atoms with Gasteiger partial charge in [-0.1, -0.05) is 66.2 Å². The van der Waals surface area contributed by atoms with Gasteiger partial charge in [-0.25, -0.2) is 0 Å². The van der Waals surface area contributed by atoms with Crippen LogP contribution < -0.4 is 15.7 Å². The summed E-state index contributed by atoms with van der Waals surface area (Å²) in [6.07, 6.45) is 0. The number of hydrogen-bond acceptors (Lipinski definition) is 1. The molecule has 0 heterocycles. The van der Waals surface area contributed by atoms with Crippen LogP contribution in [0.5, 0.6) is 0 Å². The van der Waals surface area contributed by atoms with Crippen LogP contribution in [0, 0.1) is 6.92 Å². The molecule has 0 amide bonds. The molecule has 0 fully saturated rings. The zero-order valence-corrected chi connectivity index (χ0v) is 16.9. The quantitative estimate of drug-likeness (QED) is 0.563. The molecule has 0 atom stereocenters. The first-order valence-corrected chi connectivity index (χ1v) is 10.7. The Bertz CT molecular complexity index is 799. The van der Waals surface area contributed by atoms with Gasteiger partial charge in [0.05, 0.1) is 7.56 Å². The fourth-order valence-electron chi connectivity index (χ4n) is 3.03. The average Bonchev–Trinajstić information content (AvgIpc) is 2.63. The van der Waals surface area contributed by atoms with Crippen molar-refractivity contribution >= 4 is 23.9 Å². The van der Waals surface area contributed by atoms with Crippen LogP contribution in [0.1, 0.15) is 26.3 Å². The number of hydrogen-bond donors (Lipinski definition) is 1. The summed E-state index contributed by atoms with van der Waals surface area (Å²) in [5.41, 5.74) is 2.16. The van der Waals surface area contributed by atoms with Gasteiger partial charge in [0, 0.05) is 5.54 Å². The first-order valence-electron chi connectivity index (χ1n) is 8.99. The predicted molar refractivity (Wildman–Crippen MR) is 116 cm³/mol. The van der Waals surface area contributed by atoms with Crippen molar-refractivity contribution in [1.82, 2.24) is 5.09 Å². The second-order valence-corrected chi connectivity index (χ2v) is 10.3. The molecule has 0 aliphatic rings. The van der Waals surface area contributed by atoms with Gasteiger partial charge in [0.25, 0.3) is 0 Å². The second-order valence-electron chi connectivity index (χ2n) is 7.55. The van der Waals surface area contributed by atoms with Crippen LogP contribution in [0.3, 0.4) is 0 Å². The molecule has 0 unspecified atom stereocenters. The van der Waals surface area contributed by atoms with E-state index in [1.807, 2.05) is 0 Å². The summed E-state index contributed by atoms with van der Waals surface area (Å²) in [6, 6.07) is 29.7. The molecule has 3 aromatic carbocycles. The molecular weight excluding hydrogens is 335 g/mol. The SMILES string of the molecule is Cc1ccccc1[N-][P+](NC(C)(C)C)(c1ccccc1)c1ccccc1. The summed E-state index contributed by atoms with van der Waals surface area (Å²) >= 11 is 0. The van der Waals surface area contributed by atoms with E-state index in [1.54, 1.807) is 0 Å². The molecule has 0 spiro atoms. The minimum atomic E-state index is -2.20. The lowest BCUT2D eigenvalue weighted by Crippen LogP contribution is -2.43. The van der Waals surface area contributed by atoms with E-state index in [0.29, 0.717) is 0 Å². The third-order valence-corrected chi connectivity index (χ3v) is 7.73. The highest BCUT2D eigenvalue weighted by molar-refractivity contribution is 7.90. The molecule has 1 N–H and O–H groups in total. The Kier molecular flexibility index (Phi) is 5.46. The van der Waals surface area contributed by atoms with E-state index >= 15 is 0 Å². The lowest BCUT2D eigenvalue weighted by Gasteiger charge is -2.43. The Labute approximate surface area is 158 Å². The third-order valence-electron chi connectivity index (χ3n) is 4.13. The van der Waals surface area contributed by atoms with Crippen molar-refractivity contribution in [1.29, 1.82) is 0 Å². The van der Waals surface area contributed by atoms with Gasteiger partial charge in [0.15, 0.2) is 0 Å². The molecule has 3 heteroatoms. The van der Waals surface area contributed by atoms with Crippen LogP contribution in [0.15, 0.2) is 84.9 Å². The fraction of sp³-hybridized carbons (Fsp3) is 0.217. The lowest BCUT2D eigenvalue weighted by atomic mass is 10.1. The van der Waals surface area contributed by atoms with E-state index in [9.17, 15) is 0 Å². The summed E-state index contributed by atoms with van der Waals surface area (Å²) in [5.74, 6) is 0. The first kappa shape index (κ1) is 18.6. The number of benzene rings is 3. The minimum Gasteiger partial charge on any atom is -0.499 e. The fourth-order valence-corrected chi connectivity index (χ4v) is 6.59. The zero-order chi connectivity index (χ0) is 18.6. The van der Waals surface area contributed by atoms with E-state index in [0.717, 1.165) is 5.69 Å². The van der Waals surface area contributed by atoms with Gasteiger partial charge in [-0.3, -0.25) is 0 Å².